The van der Waals surface area contributed by atoms with Crippen LogP contribution < -0.4 is 5.32 Å². The maximum Gasteiger partial charge on any atom is 0.220 e. The number of hydrogen-bond acceptors (Lipinski definition) is 8. The van der Waals surface area contributed by atoms with Gasteiger partial charge in [-0.2, -0.15) is 0 Å². The highest BCUT2D eigenvalue weighted by atomic mass is 16.7. The normalized spacial score (nSPS) is 19.4. The van der Waals surface area contributed by atoms with E-state index in [1.165, 1.54) is 231 Å². The summed E-state index contributed by atoms with van der Waals surface area (Å²) in [5.74, 6) is -0.191. The number of unbranched alkanes of at least 4 members (excludes halogenated alkanes) is 38. The Kier molecular flexibility index (Phi) is 50.7. The lowest BCUT2D eigenvalue weighted by Gasteiger charge is -2.40. The van der Waals surface area contributed by atoms with Gasteiger partial charge in [0, 0.05) is 6.42 Å². The first kappa shape index (κ1) is 69.2. The van der Waals surface area contributed by atoms with E-state index in [-0.39, 0.29) is 12.5 Å². The van der Waals surface area contributed by atoms with Crippen LogP contribution >= 0.6 is 0 Å². The molecule has 1 amide bonds. The van der Waals surface area contributed by atoms with Gasteiger partial charge in [-0.25, -0.2) is 0 Å². The Bertz CT molecular complexity index is 1290. The Labute approximate surface area is 450 Å². The minimum atomic E-state index is -1.58. The Morgan fingerprint density at radius 1 is 0.452 bits per heavy atom. The van der Waals surface area contributed by atoms with Crippen molar-refractivity contribution in [3.8, 4) is 0 Å². The number of carbonyl (C=O) groups is 1. The van der Waals surface area contributed by atoms with Crippen molar-refractivity contribution in [1.82, 2.24) is 5.32 Å². The lowest BCUT2D eigenvalue weighted by Crippen LogP contribution is -2.60. The maximum absolute atomic E-state index is 13.1. The average molecular weight is 1030 g/mol. The second-order valence-corrected chi connectivity index (χ2v) is 21.8. The predicted molar refractivity (Wildman–Crippen MR) is 309 cm³/mol. The first-order valence-electron chi connectivity index (χ1n) is 31.4. The summed E-state index contributed by atoms with van der Waals surface area (Å²) in [5, 5.41) is 54.5. The topological polar surface area (TPSA) is 149 Å². The summed E-state index contributed by atoms with van der Waals surface area (Å²) in [7, 11) is 0. The molecule has 7 atom stereocenters. The number of rotatable bonds is 54. The number of carbonyl (C=O) groups excluding carboxylic acids is 1. The Balaban J connectivity index is 2.21. The monoisotopic (exact) mass is 1030 g/mol. The smallest absolute Gasteiger partial charge is 0.220 e. The first-order valence-corrected chi connectivity index (χ1v) is 31.4. The number of hydrogen-bond donors (Lipinski definition) is 6. The van der Waals surface area contributed by atoms with Crippen molar-refractivity contribution < 1.29 is 39.8 Å². The van der Waals surface area contributed by atoms with Crippen molar-refractivity contribution in [2.24, 2.45) is 0 Å². The Hall–Kier alpha value is -1.85. The van der Waals surface area contributed by atoms with Gasteiger partial charge in [-0.15, -0.1) is 0 Å². The van der Waals surface area contributed by atoms with Gasteiger partial charge in [-0.1, -0.05) is 268 Å². The molecule has 1 aliphatic heterocycles. The number of aliphatic hydroxyl groups excluding tert-OH is 5. The van der Waals surface area contributed by atoms with Crippen molar-refractivity contribution in [3.63, 3.8) is 0 Å². The number of amides is 1. The van der Waals surface area contributed by atoms with Crippen LogP contribution in [-0.2, 0) is 14.3 Å². The fourth-order valence-corrected chi connectivity index (χ4v) is 9.89. The second-order valence-electron chi connectivity index (χ2n) is 21.8. The van der Waals surface area contributed by atoms with Crippen molar-refractivity contribution in [1.29, 1.82) is 0 Å². The zero-order valence-electron chi connectivity index (χ0n) is 47.6. The molecule has 73 heavy (non-hydrogen) atoms. The highest BCUT2D eigenvalue weighted by molar-refractivity contribution is 5.76. The van der Waals surface area contributed by atoms with Gasteiger partial charge in [-0.05, 0) is 70.6 Å². The van der Waals surface area contributed by atoms with E-state index in [4.69, 9.17) is 9.47 Å². The summed E-state index contributed by atoms with van der Waals surface area (Å²) < 4.78 is 11.3. The molecule has 0 aliphatic carbocycles. The van der Waals surface area contributed by atoms with Gasteiger partial charge in [0.1, 0.15) is 24.4 Å². The van der Waals surface area contributed by atoms with Crippen LogP contribution in [0.4, 0.5) is 0 Å². The summed E-state index contributed by atoms with van der Waals surface area (Å²) in [5.41, 5.74) is 0. The minimum Gasteiger partial charge on any atom is -0.394 e. The van der Waals surface area contributed by atoms with Crippen LogP contribution in [0.3, 0.4) is 0 Å². The van der Waals surface area contributed by atoms with E-state index in [2.05, 4.69) is 55.6 Å². The Morgan fingerprint density at radius 2 is 0.781 bits per heavy atom. The molecule has 1 rings (SSSR count). The number of nitrogens with one attached hydrogen (secondary N) is 1. The summed E-state index contributed by atoms with van der Waals surface area (Å²) >= 11 is 0. The average Bonchev–Trinajstić information content (AvgIpc) is 3.39. The van der Waals surface area contributed by atoms with Gasteiger partial charge >= 0.3 is 0 Å². The van der Waals surface area contributed by atoms with Gasteiger partial charge in [-0.3, -0.25) is 4.79 Å². The van der Waals surface area contributed by atoms with Crippen molar-refractivity contribution in [2.45, 2.75) is 339 Å². The molecule has 9 heteroatoms. The molecule has 0 saturated carbocycles. The van der Waals surface area contributed by atoms with Crippen LogP contribution in [0, 0.1) is 0 Å². The molecule has 0 radical (unpaired) electrons. The van der Waals surface area contributed by atoms with E-state index in [1.54, 1.807) is 6.08 Å². The quantitative estimate of drug-likeness (QED) is 0.0261. The van der Waals surface area contributed by atoms with Crippen LogP contribution in [0.25, 0.3) is 0 Å². The largest absolute Gasteiger partial charge is 0.394 e. The fourth-order valence-electron chi connectivity index (χ4n) is 9.89. The highest BCUT2D eigenvalue weighted by Crippen LogP contribution is 2.23. The van der Waals surface area contributed by atoms with Crippen molar-refractivity contribution >= 4 is 5.91 Å². The number of allylic oxidation sites excluding steroid dienone is 7. The molecule has 1 aliphatic rings. The first-order chi connectivity index (χ1) is 35.8. The molecule has 0 aromatic carbocycles. The predicted octanol–water partition coefficient (Wildman–Crippen LogP) is 16.1. The van der Waals surface area contributed by atoms with Crippen LogP contribution in [0.2, 0.25) is 0 Å². The molecule has 0 bridgehead atoms. The zero-order valence-corrected chi connectivity index (χ0v) is 47.6. The molecule has 428 valence electrons. The standard InChI is InChI=1S/C64H119NO8/c1-3-5-7-9-11-13-15-17-19-21-23-24-25-26-27-28-29-30-31-32-33-34-36-37-39-41-43-45-47-49-51-53-58(67)57(56-72-64-63(71)62(70)61(69)59(55-66)73-64)65-60(68)54-52-50-48-46-44-42-40-38-35-22-20-18-16-14-12-10-8-6-4-2/h18,20,36-37,43,45,51,53,57-59,61-64,66-67,69-71H,3-17,19,21-35,38-42,44,46-50,52,54-56H2,1-2H3,(H,65,68)/b20-18-,37-36+,45-43+,53-51+. The lowest BCUT2D eigenvalue weighted by molar-refractivity contribution is -0.302. The highest BCUT2D eigenvalue weighted by Gasteiger charge is 2.44. The number of aliphatic hydroxyl groups is 5. The van der Waals surface area contributed by atoms with Gasteiger partial charge in [0.2, 0.25) is 5.91 Å². The molecule has 1 fully saturated rings. The molecule has 9 nitrogen and oxygen atoms in total. The third-order valence-electron chi connectivity index (χ3n) is 14.9. The summed E-state index contributed by atoms with van der Waals surface area (Å²) in [4.78, 5) is 13.1. The third-order valence-corrected chi connectivity index (χ3v) is 14.9. The van der Waals surface area contributed by atoms with E-state index in [9.17, 15) is 30.3 Å². The van der Waals surface area contributed by atoms with Crippen molar-refractivity contribution in [3.05, 3.63) is 48.6 Å². The number of ether oxygens (including phenoxy) is 2. The molecular weight excluding hydrogens is 911 g/mol. The van der Waals surface area contributed by atoms with Crippen LogP contribution in [0.1, 0.15) is 296 Å². The second kappa shape index (κ2) is 53.5. The van der Waals surface area contributed by atoms with E-state index < -0.39 is 49.5 Å². The summed E-state index contributed by atoms with van der Waals surface area (Å²) in [6.07, 6.45) is 64.9. The van der Waals surface area contributed by atoms with Gasteiger partial charge in [0.05, 0.1) is 25.4 Å². The molecular formula is C64H119NO8. The molecule has 0 aromatic rings. The van der Waals surface area contributed by atoms with Crippen molar-refractivity contribution in [2.75, 3.05) is 13.2 Å². The summed E-state index contributed by atoms with van der Waals surface area (Å²) in [6.45, 7) is 3.78. The van der Waals surface area contributed by atoms with Crippen LogP contribution in [0.15, 0.2) is 48.6 Å². The zero-order chi connectivity index (χ0) is 52.9. The third kappa shape index (κ3) is 42.9. The van der Waals surface area contributed by atoms with E-state index in [1.807, 2.05) is 6.08 Å². The molecule has 0 aromatic heterocycles. The van der Waals surface area contributed by atoms with Crippen LogP contribution in [0.5, 0.6) is 0 Å². The van der Waals surface area contributed by atoms with E-state index >= 15 is 0 Å². The SMILES string of the molecule is CCCCCCCC/C=C\CCCCCCCCCCCC(=O)NC(COC1OC(CO)C(O)C(O)C1O)C(O)/C=C/CC/C=C/CC/C=C/CCCCCCCCCCCCCCCCCCCCCCC. The van der Waals surface area contributed by atoms with E-state index in [0.717, 1.165) is 44.9 Å². The van der Waals surface area contributed by atoms with E-state index in [0.29, 0.717) is 6.42 Å². The summed E-state index contributed by atoms with van der Waals surface area (Å²) in [6, 6.07) is -0.831. The van der Waals surface area contributed by atoms with Gasteiger partial charge in [0.25, 0.3) is 0 Å². The maximum atomic E-state index is 13.1. The van der Waals surface area contributed by atoms with Gasteiger partial charge in [0.15, 0.2) is 6.29 Å². The fraction of sp³-hybridized carbons (Fsp3) is 0.859. The van der Waals surface area contributed by atoms with Gasteiger partial charge < -0.3 is 40.3 Å². The molecule has 6 N–H and O–H groups in total. The molecule has 1 heterocycles. The van der Waals surface area contributed by atoms with Crippen LogP contribution in [-0.4, -0.2) is 87.5 Å². The minimum absolute atomic E-state index is 0.191. The molecule has 0 spiro atoms. The molecule has 1 saturated heterocycles. The molecule has 7 unspecified atom stereocenters. The lowest BCUT2D eigenvalue weighted by atomic mass is 9.99. The Morgan fingerprint density at radius 3 is 1.15 bits per heavy atom.